The molecule has 3 aromatic heterocycles. The van der Waals surface area contributed by atoms with Crippen LogP contribution < -0.4 is 0 Å². The van der Waals surface area contributed by atoms with Gasteiger partial charge in [0.1, 0.15) is 12.2 Å². The zero-order chi connectivity index (χ0) is 12.5. The molecule has 90 valence electrons. The number of aromatic nitrogens is 4. The van der Waals surface area contributed by atoms with Crippen LogP contribution in [0.25, 0.3) is 22.0 Å². The molecule has 0 saturated carbocycles. The van der Waals surface area contributed by atoms with Crippen molar-refractivity contribution >= 4 is 34.5 Å². The summed E-state index contributed by atoms with van der Waals surface area (Å²) in [7, 11) is 0. The van der Waals surface area contributed by atoms with Gasteiger partial charge in [-0.05, 0) is 6.07 Å². The van der Waals surface area contributed by atoms with Gasteiger partial charge in [-0.3, -0.25) is 0 Å². The smallest absolute Gasteiger partial charge is 0.141 e. The molecule has 3 aromatic rings. The van der Waals surface area contributed by atoms with Gasteiger partial charge in [0.05, 0.1) is 25.5 Å². The van der Waals surface area contributed by atoms with Crippen molar-refractivity contribution in [1.82, 2.24) is 19.9 Å². The molecule has 0 radical (unpaired) electrons. The average molecular weight is 297 g/mol. The molecule has 0 fully saturated rings. The molecule has 0 bridgehead atoms. The predicted molar refractivity (Wildman–Crippen MR) is 72.9 cm³/mol. The van der Waals surface area contributed by atoms with E-state index in [4.69, 9.17) is 23.2 Å². The Hall–Kier alpha value is -1.43. The Morgan fingerprint density at radius 3 is 2.78 bits per heavy atom. The van der Waals surface area contributed by atoms with Crippen molar-refractivity contribution in [3.05, 3.63) is 40.3 Å². The molecule has 0 atom stereocenters. The summed E-state index contributed by atoms with van der Waals surface area (Å²) < 4.78 is 0.624. The van der Waals surface area contributed by atoms with E-state index in [0.29, 0.717) is 15.2 Å². The summed E-state index contributed by atoms with van der Waals surface area (Å²) in [5, 5.41) is 0.580. The molecule has 0 aromatic carbocycles. The molecule has 0 saturated heterocycles. The molecule has 0 aliphatic carbocycles. The molecule has 0 spiro atoms. The molecule has 18 heavy (non-hydrogen) atoms. The Morgan fingerprint density at radius 2 is 2.11 bits per heavy atom. The monoisotopic (exact) mass is 296 g/mol. The Morgan fingerprint density at radius 1 is 1.22 bits per heavy atom. The highest BCUT2D eigenvalue weighted by molar-refractivity contribution is 7.20. The largest absolute Gasteiger partial charge is 0.345 e. The third-order valence-corrected chi connectivity index (χ3v) is 4.02. The number of halogens is 2. The van der Waals surface area contributed by atoms with Crippen LogP contribution in [0.5, 0.6) is 0 Å². The lowest BCUT2D eigenvalue weighted by molar-refractivity contribution is 1.16. The summed E-state index contributed by atoms with van der Waals surface area (Å²) in [5.41, 5.74) is 1.52. The first kappa shape index (κ1) is 11.6. The summed E-state index contributed by atoms with van der Waals surface area (Å²) in [4.78, 5) is 16.3. The first-order valence-electron chi connectivity index (χ1n) is 5.00. The first-order valence-corrected chi connectivity index (χ1v) is 6.58. The van der Waals surface area contributed by atoms with Crippen LogP contribution in [0.15, 0.2) is 31.0 Å². The fourth-order valence-electron chi connectivity index (χ4n) is 1.60. The van der Waals surface area contributed by atoms with Gasteiger partial charge in [0.15, 0.2) is 0 Å². The normalized spacial score (nSPS) is 10.8. The van der Waals surface area contributed by atoms with Crippen LogP contribution in [-0.4, -0.2) is 19.9 Å². The SMILES string of the molecule is Clc1cc(Cl)c(-c2ncncc2-c2ncc[nH]2)s1. The van der Waals surface area contributed by atoms with Crippen molar-refractivity contribution in [1.29, 1.82) is 0 Å². The second-order valence-electron chi connectivity index (χ2n) is 3.45. The Bertz CT molecular complexity index is 678. The molecule has 3 rings (SSSR count). The van der Waals surface area contributed by atoms with Crippen molar-refractivity contribution in [2.45, 2.75) is 0 Å². The van der Waals surface area contributed by atoms with Crippen LogP contribution in [0.3, 0.4) is 0 Å². The zero-order valence-electron chi connectivity index (χ0n) is 8.89. The maximum Gasteiger partial charge on any atom is 0.141 e. The molecular formula is C11H6Cl2N4S. The first-order chi connectivity index (χ1) is 8.75. The Balaban J connectivity index is 2.21. The van der Waals surface area contributed by atoms with Crippen molar-refractivity contribution in [2.75, 3.05) is 0 Å². The van der Waals surface area contributed by atoms with Crippen LogP contribution in [0.1, 0.15) is 0 Å². The standard InChI is InChI=1S/C11H6Cl2N4S/c12-7-3-8(13)18-10(7)9-6(4-14-5-17-9)11-15-1-2-16-11/h1-5H,(H,15,16). The lowest BCUT2D eigenvalue weighted by Gasteiger charge is -2.03. The molecular weight excluding hydrogens is 291 g/mol. The van der Waals surface area contributed by atoms with Crippen LogP contribution in [0.2, 0.25) is 9.36 Å². The molecule has 0 unspecified atom stereocenters. The number of imidazole rings is 1. The number of nitrogens with zero attached hydrogens (tertiary/aromatic N) is 3. The highest BCUT2D eigenvalue weighted by Gasteiger charge is 2.16. The van der Waals surface area contributed by atoms with Gasteiger partial charge in [-0.2, -0.15) is 0 Å². The highest BCUT2D eigenvalue weighted by atomic mass is 35.5. The fraction of sp³-hybridized carbons (Fsp3) is 0. The summed E-state index contributed by atoms with van der Waals surface area (Å²) in [6.07, 6.45) is 6.60. The third kappa shape index (κ3) is 2.01. The predicted octanol–water partition coefficient (Wildman–Crippen LogP) is 3.90. The van der Waals surface area contributed by atoms with Gasteiger partial charge in [0, 0.05) is 18.6 Å². The number of nitrogens with one attached hydrogen (secondary N) is 1. The maximum absolute atomic E-state index is 6.15. The van der Waals surface area contributed by atoms with E-state index in [2.05, 4.69) is 19.9 Å². The number of H-pyrrole nitrogens is 1. The third-order valence-electron chi connectivity index (χ3n) is 2.34. The Kier molecular flexibility index (Phi) is 3.03. The van der Waals surface area contributed by atoms with Crippen molar-refractivity contribution in [2.24, 2.45) is 0 Å². The van der Waals surface area contributed by atoms with Crippen LogP contribution >= 0.6 is 34.5 Å². The summed E-state index contributed by atoms with van der Waals surface area (Å²) >= 11 is 13.5. The van der Waals surface area contributed by atoms with E-state index in [0.717, 1.165) is 16.1 Å². The van der Waals surface area contributed by atoms with Crippen molar-refractivity contribution in [3.63, 3.8) is 0 Å². The summed E-state index contributed by atoms with van der Waals surface area (Å²) in [6, 6.07) is 1.71. The van der Waals surface area contributed by atoms with E-state index < -0.39 is 0 Å². The van der Waals surface area contributed by atoms with E-state index in [-0.39, 0.29) is 0 Å². The van der Waals surface area contributed by atoms with E-state index in [9.17, 15) is 0 Å². The minimum Gasteiger partial charge on any atom is -0.345 e. The van der Waals surface area contributed by atoms with E-state index >= 15 is 0 Å². The molecule has 0 aliphatic rings. The zero-order valence-corrected chi connectivity index (χ0v) is 11.2. The highest BCUT2D eigenvalue weighted by Crippen LogP contribution is 2.40. The topological polar surface area (TPSA) is 54.5 Å². The van der Waals surface area contributed by atoms with Gasteiger partial charge in [-0.1, -0.05) is 23.2 Å². The molecule has 0 amide bonds. The lowest BCUT2D eigenvalue weighted by Crippen LogP contribution is -1.90. The van der Waals surface area contributed by atoms with Gasteiger partial charge >= 0.3 is 0 Å². The van der Waals surface area contributed by atoms with Gasteiger partial charge in [-0.15, -0.1) is 11.3 Å². The second-order valence-corrected chi connectivity index (χ2v) is 5.54. The molecule has 7 heteroatoms. The van der Waals surface area contributed by atoms with E-state index in [1.807, 2.05) is 0 Å². The van der Waals surface area contributed by atoms with Crippen LogP contribution in [0.4, 0.5) is 0 Å². The van der Waals surface area contributed by atoms with Gasteiger partial charge in [0.25, 0.3) is 0 Å². The molecule has 4 nitrogen and oxygen atoms in total. The van der Waals surface area contributed by atoms with E-state index in [1.54, 1.807) is 24.7 Å². The molecule has 1 N–H and O–H groups in total. The second kappa shape index (κ2) is 4.68. The summed E-state index contributed by atoms with van der Waals surface area (Å²) in [6.45, 7) is 0. The lowest BCUT2D eigenvalue weighted by atomic mass is 10.2. The van der Waals surface area contributed by atoms with Crippen molar-refractivity contribution < 1.29 is 0 Å². The minimum atomic E-state index is 0.580. The fourth-order valence-corrected chi connectivity index (χ4v) is 3.16. The van der Waals surface area contributed by atoms with Crippen molar-refractivity contribution in [3.8, 4) is 22.0 Å². The quantitative estimate of drug-likeness (QED) is 0.780. The van der Waals surface area contributed by atoms with Crippen LogP contribution in [0, 0.1) is 0 Å². The maximum atomic E-state index is 6.15. The van der Waals surface area contributed by atoms with Gasteiger partial charge in [0.2, 0.25) is 0 Å². The number of aromatic amines is 1. The Labute approximate surface area is 117 Å². The van der Waals surface area contributed by atoms with E-state index in [1.165, 1.54) is 17.7 Å². The average Bonchev–Trinajstić information content (AvgIpc) is 2.99. The number of rotatable bonds is 2. The van der Waals surface area contributed by atoms with Gasteiger partial charge in [-0.25, -0.2) is 15.0 Å². The number of hydrogen-bond acceptors (Lipinski definition) is 4. The van der Waals surface area contributed by atoms with Gasteiger partial charge < -0.3 is 4.98 Å². The van der Waals surface area contributed by atoms with Crippen LogP contribution in [-0.2, 0) is 0 Å². The molecule has 3 heterocycles. The minimum absolute atomic E-state index is 0.580. The number of thiophene rings is 1. The number of hydrogen-bond donors (Lipinski definition) is 1. The molecule has 0 aliphatic heterocycles. The summed E-state index contributed by atoms with van der Waals surface area (Å²) in [5.74, 6) is 0.700.